The number of halogens is 3. The average molecular weight is 486 g/mol. The van der Waals surface area contributed by atoms with Gasteiger partial charge in [-0.25, -0.2) is 0 Å². The molecule has 184 valence electrons. The quantitative estimate of drug-likeness (QED) is 0.565. The minimum atomic E-state index is -4.44. The van der Waals surface area contributed by atoms with Gasteiger partial charge >= 0.3 is 6.18 Å². The molecule has 7 nitrogen and oxygen atoms in total. The predicted octanol–water partition coefficient (Wildman–Crippen LogP) is 4.22. The number of para-hydroxylation sites is 1. The van der Waals surface area contributed by atoms with Crippen LogP contribution < -0.4 is 10.2 Å². The number of hydrogen-bond acceptors (Lipinski definition) is 5. The van der Waals surface area contributed by atoms with Gasteiger partial charge in [0.05, 0.1) is 12.1 Å². The third kappa shape index (κ3) is 5.64. The molecule has 1 N–H and O–H groups in total. The Morgan fingerprint density at radius 1 is 1.09 bits per heavy atom. The van der Waals surface area contributed by atoms with Crippen LogP contribution in [0.4, 0.5) is 18.9 Å². The molecule has 0 atom stereocenters. The first-order valence-corrected chi connectivity index (χ1v) is 11.2. The van der Waals surface area contributed by atoms with Gasteiger partial charge in [-0.3, -0.25) is 9.59 Å². The first-order valence-electron chi connectivity index (χ1n) is 11.2. The fourth-order valence-electron chi connectivity index (χ4n) is 4.20. The highest BCUT2D eigenvalue weighted by Crippen LogP contribution is 2.37. The summed E-state index contributed by atoms with van der Waals surface area (Å²) in [5, 5.41) is 6.32. The molecule has 1 saturated heterocycles. The second kappa shape index (κ2) is 10.2. The number of piperidine rings is 1. The van der Waals surface area contributed by atoms with Crippen molar-refractivity contribution in [2.75, 3.05) is 31.6 Å². The minimum absolute atomic E-state index is 0.0697. The van der Waals surface area contributed by atoms with Gasteiger partial charge < -0.3 is 19.6 Å². The van der Waals surface area contributed by atoms with Crippen molar-refractivity contribution in [3.63, 3.8) is 0 Å². The summed E-state index contributed by atoms with van der Waals surface area (Å²) in [6, 6.07) is 16.1. The largest absolute Gasteiger partial charge is 0.418 e. The molecular formula is C25H25F3N4O3. The van der Waals surface area contributed by atoms with Crippen LogP contribution in [0.5, 0.6) is 0 Å². The predicted molar refractivity (Wildman–Crippen MR) is 124 cm³/mol. The molecule has 3 aromatic rings. The van der Waals surface area contributed by atoms with Crippen LogP contribution >= 0.6 is 0 Å². The number of amides is 2. The number of likely N-dealkylation sites (tertiary alicyclic amines) is 1. The standard InChI is InChI=1S/C25H25F3N4O3/c1-31(21-10-6-5-9-19(21)25(26,27)28)18-11-13-32(14-12-18)23(33)16-29-24(34)20-15-22(35-30-20)17-7-3-2-4-8-17/h2-10,15,18H,11-14,16H2,1H3,(H,29,34). The number of anilines is 1. The lowest BCUT2D eigenvalue weighted by Gasteiger charge is -2.38. The van der Waals surface area contributed by atoms with E-state index in [1.807, 2.05) is 30.3 Å². The number of nitrogens with zero attached hydrogens (tertiary/aromatic N) is 3. The molecule has 35 heavy (non-hydrogen) atoms. The van der Waals surface area contributed by atoms with E-state index in [1.54, 1.807) is 22.9 Å². The van der Waals surface area contributed by atoms with Crippen LogP contribution in [0.3, 0.4) is 0 Å². The van der Waals surface area contributed by atoms with Crippen LogP contribution in [0.2, 0.25) is 0 Å². The molecule has 10 heteroatoms. The van der Waals surface area contributed by atoms with E-state index in [4.69, 9.17) is 4.52 Å². The molecule has 4 rings (SSSR count). The Balaban J connectivity index is 1.28. The maximum absolute atomic E-state index is 13.4. The van der Waals surface area contributed by atoms with E-state index in [9.17, 15) is 22.8 Å². The van der Waals surface area contributed by atoms with Crippen LogP contribution in [0, 0.1) is 0 Å². The van der Waals surface area contributed by atoms with Gasteiger partial charge in [0.25, 0.3) is 5.91 Å². The van der Waals surface area contributed by atoms with Crippen molar-refractivity contribution in [2.24, 2.45) is 0 Å². The summed E-state index contributed by atoms with van der Waals surface area (Å²) in [7, 11) is 1.65. The summed E-state index contributed by atoms with van der Waals surface area (Å²) in [5.41, 5.74) is 0.299. The third-order valence-corrected chi connectivity index (χ3v) is 6.16. The molecule has 2 heterocycles. The SMILES string of the molecule is CN(c1ccccc1C(F)(F)F)C1CCN(C(=O)CNC(=O)c2cc(-c3ccccc3)on2)CC1. The summed E-state index contributed by atoms with van der Waals surface area (Å²) in [4.78, 5) is 28.2. The smallest absolute Gasteiger partial charge is 0.371 e. The van der Waals surface area contributed by atoms with Gasteiger partial charge in [0.2, 0.25) is 5.91 Å². The van der Waals surface area contributed by atoms with E-state index in [0.717, 1.165) is 11.6 Å². The molecular weight excluding hydrogens is 461 g/mol. The van der Waals surface area contributed by atoms with Crippen molar-refractivity contribution in [1.29, 1.82) is 0 Å². The van der Waals surface area contributed by atoms with Gasteiger partial charge in [0.1, 0.15) is 0 Å². The Kier molecular flexibility index (Phi) is 7.09. The number of aromatic nitrogens is 1. The van der Waals surface area contributed by atoms with Gasteiger partial charge in [-0.05, 0) is 25.0 Å². The monoisotopic (exact) mass is 486 g/mol. The zero-order valence-corrected chi connectivity index (χ0v) is 19.1. The summed E-state index contributed by atoms with van der Waals surface area (Å²) >= 11 is 0. The molecule has 0 radical (unpaired) electrons. The number of alkyl halides is 3. The van der Waals surface area contributed by atoms with Gasteiger partial charge in [-0.1, -0.05) is 47.6 Å². The van der Waals surface area contributed by atoms with E-state index in [2.05, 4.69) is 10.5 Å². The Hall–Kier alpha value is -3.82. The van der Waals surface area contributed by atoms with Crippen LogP contribution in [0.15, 0.2) is 65.2 Å². The van der Waals surface area contributed by atoms with Crippen molar-refractivity contribution in [3.05, 3.63) is 71.9 Å². The molecule has 1 aromatic heterocycles. The van der Waals surface area contributed by atoms with E-state index >= 15 is 0 Å². The number of rotatable bonds is 6. The van der Waals surface area contributed by atoms with Crippen LogP contribution in [-0.4, -0.2) is 54.6 Å². The first kappa shape index (κ1) is 24.3. The number of hydrogen-bond donors (Lipinski definition) is 1. The Morgan fingerprint density at radius 2 is 1.74 bits per heavy atom. The normalized spacial score (nSPS) is 14.6. The first-order chi connectivity index (χ1) is 16.7. The lowest BCUT2D eigenvalue weighted by atomic mass is 10.0. The fraction of sp³-hybridized carbons (Fsp3) is 0.320. The highest BCUT2D eigenvalue weighted by Gasteiger charge is 2.36. The zero-order chi connectivity index (χ0) is 25.0. The van der Waals surface area contributed by atoms with E-state index in [-0.39, 0.29) is 29.9 Å². The third-order valence-electron chi connectivity index (χ3n) is 6.16. The van der Waals surface area contributed by atoms with Crippen molar-refractivity contribution in [1.82, 2.24) is 15.4 Å². The van der Waals surface area contributed by atoms with Crippen molar-refractivity contribution < 1.29 is 27.3 Å². The number of nitrogens with one attached hydrogen (secondary N) is 1. The Labute approximate surface area is 200 Å². The van der Waals surface area contributed by atoms with Crippen LogP contribution in [-0.2, 0) is 11.0 Å². The molecule has 1 aliphatic rings. The van der Waals surface area contributed by atoms with E-state index in [0.29, 0.717) is 31.7 Å². The summed E-state index contributed by atoms with van der Waals surface area (Å²) < 4.78 is 45.4. The second-order valence-corrected chi connectivity index (χ2v) is 8.36. The van der Waals surface area contributed by atoms with Gasteiger partial charge in [-0.15, -0.1) is 0 Å². The molecule has 1 fully saturated rings. The van der Waals surface area contributed by atoms with Crippen molar-refractivity contribution >= 4 is 17.5 Å². The van der Waals surface area contributed by atoms with E-state index in [1.165, 1.54) is 18.2 Å². The van der Waals surface area contributed by atoms with Crippen LogP contribution in [0.1, 0.15) is 28.9 Å². The molecule has 0 aliphatic carbocycles. The second-order valence-electron chi connectivity index (χ2n) is 8.36. The van der Waals surface area contributed by atoms with Gasteiger partial charge in [0.15, 0.2) is 11.5 Å². The maximum Gasteiger partial charge on any atom is 0.418 e. The highest BCUT2D eigenvalue weighted by molar-refractivity contribution is 5.95. The zero-order valence-electron chi connectivity index (χ0n) is 19.1. The van der Waals surface area contributed by atoms with E-state index < -0.39 is 17.6 Å². The Bertz CT molecular complexity index is 1170. The summed E-state index contributed by atoms with van der Waals surface area (Å²) in [5.74, 6) is -0.343. The number of carbonyl (C=O) groups excluding carboxylic acids is 2. The lowest BCUT2D eigenvalue weighted by molar-refractivity contribution is -0.137. The maximum atomic E-state index is 13.4. The fourth-order valence-corrected chi connectivity index (χ4v) is 4.20. The van der Waals surface area contributed by atoms with Gasteiger partial charge in [0, 0.05) is 43.5 Å². The molecule has 2 amide bonds. The minimum Gasteiger partial charge on any atom is -0.371 e. The Morgan fingerprint density at radius 3 is 2.43 bits per heavy atom. The van der Waals surface area contributed by atoms with Crippen molar-refractivity contribution in [3.8, 4) is 11.3 Å². The van der Waals surface area contributed by atoms with Gasteiger partial charge in [-0.2, -0.15) is 13.2 Å². The topological polar surface area (TPSA) is 78.7 Å². The number of benzene rings is 2. The molecule has 0 spiro atoms. The molecule has 0 saturated carbocycles. The van der Waals surface area contributed by atoms with Crippen LogP contribution in [0.25, 0.3) is 11.3 Å². The molecule has 1 aliphatic heterocycles. The molecule has 2 aromatic carbocycles. The lowest BCUT2D eigenvalue weighted by Crippen LogP contribution is -2.48. The molecule has 0 unspecified atom stereocenters. The molecule has 0 bridgehead atoms. The van der Waals surface area contributed by atoms with Crippen molar-refractivity contribution in [2.45, 2.75) is 25.1 Å². The summed E-state index contributed by atoms with van der Waals surface area (Å²) in [6.45, 7) is 0.573. The average Bonchev–Trinajstić information content (AvgIpc) is 3.37. The summed E-state index contributed by atoms with van der Waals surface area (Å²) in [6.07, 6.45) is -3.40. The number of carbonyl (C=O) groups is 2. The highest BCUT2D eigenvalue weighted by atomic mass is 19.4.